The van der Waals surface area contributed by atoms with Crippen LogP contribution in [0.3, 0.4) is 0 Å². The van der Waals surface area contributed by atoms with Crippen molar-refractivity contribution in [1.82, 2.24) is 20.0 Å². The molecular weight excluding hydrogens is 519 g/mol. The van der Waals surface area contributed by atoms with Crippen LogP contribution in [0.1, 0.15) is 35.3 Å². The number of carbonyl (C=O) groups excluding carboxylic acids is 3. The number of ether oxygens (including phenoxy) is 3. The van der Waals surface area contributed by atoms with Gasteiger partial charge in [-0.25, -0.2) is 14.0 Å². The van der Waals surface area contributed by atoms with Crippen molar-refractivity contribution in [2.75, 3.05) is 60.6 Å². The molecular formula is C29H35FN4O6. The molecule has 1 N–H and O–H groups in total. The van der Waals surface area contributed by atoms with Crippen LogP contribution in [0.4, 0.5) is 9.18 Å². The van der Waals surface area contributed by atoms with Gasteiger partial charge in [0.25, 0.3) is 5.91 Å². The summed E-state index contributed by atoms with van der Waals surface area (Å²) in [4.78, 5) is 44.7. The smallest absolute Gasteiger partial charge is 0.338 e. The summed E-state index contributed by atoms with van der Waals surface area (Å²) in [5, 5.41) is 2.91. The van der Waals surface area contributed by atoms with E-state index in [0.717, 1.165) is 0 Å². The van der Waals surface area contributed by atoms with Gasteiger partial charge in [-0.05, 0) is 31.5 Å². The number of esters is 1. The average Bonchev–Trinajstić information content (AvgIpc) is 3.20. The lowest BCUT2D eigenvalue weighted by molar-refractivity contribution is -0.139. The first kappa shape index (κ1) is 28.9. The molecule has 214 valence electrons. The van der Waals surface area contributed by atoms with Gasteiger partial charge in [-0.3, -0.25) is 14.6 Å². The lowest BCUT2D eigenvalue weighted by atomic mass is 9.93. The van der Waals surface area contributed by atoms with Crippen LogP contribution >= 0.6 is 0 Å². The third-order valence-corrected chi connectivity index (χ3v) is 7.17. The summed E-state index contributed by atoms with van der Waals surface area (Å²) in [5.74, 6) is -0.592. The minimum atomic E-state index is -0.839. The Morgan fingerprint density at radius 3 is 2.50 bits per heavy atom. The van der Waals surface area contributed by atoms with Crippen molar-refractivity contribution in [3.8, 4) is 11.5 Å². The van der Waals surface area contributed by atoms with Crippen molar-refractivity contribution in [2.45, 2.75) is 19.4 Å². The van der Waals surface area contributed by atoms with Crippen molar-refractivity contribution in [1.29, 1.82) is 0 Å². The Balaban J connectivity index is 1.66. The van der Waals surface area contributed by atoms with Crippen molar-refractivity contribution >= 4 is 17.9 Å². The van der Waals surface area contributed by atoms with Crippen LogP contribution in [0.2, 0.25) is 0 Å². The number of urea groups is 1. The molecule has 2 aromatic carbocycles. The van der Waals surface area contributed by atoms with Crippen LogP contribution in [-0.2, 0) is 9.53 Å². The largest absolute Gasteiger partial charge is 0.493 e. The van der Waals surface area contributed by atoms with Gasteiger partial charge in [0.2, 0.25) is 0 Å². The highest BCUT2D eigenvalue weighted by Gasteiger charge is 2.39. The fraction of sp³-hybridized carbons (Fsp3) is 0.414. The molecule has 0 aliphatic carbocycles. The number of carbonyl (C=O) groups is 3. The number of rotatable bonds is 8. The molecule has 1 atom stereocenters. The standard InChI is InChI=1S/C29H35FN4O6/c1-5-40-28(36)24-22(32(2)29(37)31-25(24)20-11-8-13-23(38-3)26(20)39-4)18-33-14-9-15-34(17-16-33)27(35)19-10-6-7-12-21(19)30/h6-8,10-13,25H,5,9,14-18H2,1-4H3,(H,31,37)/t25-/m1/s1. The predicted molar refractivity (Wildman–Crippen MR) is 146 cm³/mol. The molecule has 0 unspecified atom stereocenters. The number of methoxy groups -OCH3 is 2. The van der Waals surface area contributed by atoms with Crippen LogP contribution in [-0.4, -0.2) is 93.2 Å². The number of halogens is 1. The molecule has 1 fully saturated rings. The molecule has 0 saturated carbocycles. The van der Waals surface area contributed by atoms with E-state index in [4.69, 9.17) is 14.2 Å². The quantitative estimate of drug-likeness (QED) is 0.500. The summed E-state index contributed by atoms with van der Waals surface area (Å²) in [7, 11) is 4.62. The fourth-order valence-corrected chi connectivity index (χ4v) is 5.12. The first-order valence-corrected chi connectivity index (χ1v) is 13.2. The second kappa shape index (κ2) is 12.8. The molecule has 3 amide bonds. The zero-order chi connectivity index (χ0) is 28.8. The van der Waals surface area contributed by atoms with Gasteiger partial charge in [0.1, 0.15) is 5.82 Å². The molecule has 2 aromatic rings. The minimum Gasteiger partial charge on any atom is -0.493 e. The minimum absolute atomic E-state index is 0.0435. The number of hydrogen-bond acceptors (Lipinski definition) is 7. The van der Waals surface area contributed by atoms with E-state index in [1.165, 1.54) is 31.3 Å². The van der Waals surface area contributed by atoms with E-state index in [2.05, 4.69) is 10.2 Å². The van der Waals surface area contributed by atoms with Gasteiger partial charge in [0, 0.05) is 51.0 Å². The van der Waals surface area contributed by atoms with Crippen molar-refractivity contribution in [3.05, 3.63) is 70.7 Å². The Labute approximate surface area is 233 Å². The van der Waals surface area contributed by atoms with Crippen LogP contribution in [0, 0.1) is 5.82 Å². The zero-order valence-electron chi connectivity index (χ0n) is 23.2. The third-order valence-electron chi connectivity index (χ3n) is 7.17. The Kier molecular flexibility index (Phi) is 9.26. The number of benzene rings is 2. The van der Waals surface area contributed by atoms with E-state index in [1.807, 2.05) is 0 Å². The molecule has 2 aliphatic rings. The molecule has 10 nitrogen and oxygen atoms in total. The average molecular weight is 555 g/mol. The maximum absolute atomic E-state index is 14.3. The van der Waals surface area contributed by atoms with Crippen molar-refractivity contribution < 1.29 is 33.0 Å². The lowest BCUT2D eigenvalue weighted by Gasteiger charge is -2.37. The van der Waals surface area contributed by atoms with Gasteiger partial charge < -0.3 is 24.4 Å². The molecule has 0 bridgehead atoms. The number of nitrogens with one attached hydrogen (secondary N) is 1. The molecule has 11 heteroatoms. The molecule has 4 rings (SSSR count). The highest BCUT2D eigenvalue weighted by atomic mass is 19.1. The summed E-state index contributed by atoms with van der Waals surface area (Å²) in [5.41, 5.74) is 1.38. The van der Waals surface area contributed by atoms with E-state index >= 15 is 0 Å². The summed E-state index contributed by atoms with van der Waals surface area (Å²) in [6, 6.07) is 10.00. The molecule has 1 saturated heterocycles. The summed E-state index contributed by atoms with van der Waals surface area (Å²) in [6.07, 6.45) is 0.644. The van der Waals surface area contributed by atoms with Crippen LogP contribution in [0.15, 0.2) is 53.7 Å². The van der Waals surface area contributed by atoms with E-state index in [9.17, 15) is 18.8 Å². The van der Waals surface area contributed by atoms with E-state index < -0.39 is 17.8 Å². The molecule has 0 aromatic heterocycles. The van der Waals surface area contributed by atoms with Gasteiger partial charge in [-0.2, -0.15) is 0 Å². The Morgan fingerprint density at radius 1 is 1.02 bits per heavy atom. The second-order valence-corrected chi connectivity index (χ2v) is 9.51. The van der Waals surface area contributed by atoms with E-state index in [1.54, 1.807) is 49.2 Å². The molecule has 0 radical (unpaired) electrons. The van der Waals surface area contributed by atoms with Gasteiger partial charge in [-0.1, -0.05) is 24.3 Å². The maximum Gasteiger partial charge on any atom is 0.338 e. The number of para-hydroxylation sites is 1. The number of amides is 3. The van der Waals surface area contributed by atoms with Crippen molar-refractivity contribution in [2.24, 2.45) is 0 Å². The Hall–Kier alpha value is -4.12. The highest BCUT2D eigenvalue weighted by molar-refractivity contribution is 5.96. The van der Waals surface area contributed by atoms with Crippen molar-refractivity contribution in [3.63, 3.8) is 0 Å². The summed E-state index contributed by atoms with van der Waals surface area (Å²) in [6.45, 7) is 4.08. The highest BCUT2D eigenvalue weighted by Crippen LogP contribution is 2.40. The molecule has 2 aliphatic heterocycles. The van der Waals surface area contributed by atoms with E-state index in [-0.39, 0.29) is 30.7 Å². The summed E-state index contributed by atoms with van der Waals surface area (Å²) < 4.78 is 30.8. The SMILES string of the molecule is CCOC(=O)C1=C(CN2CCCN(C(=O)c3ccccc3F)CC2)N(C)C(=O)N[C@@H]1c1cccc(OC)c1OC. The van der Waals surface area contributed by atoms with Crippen LogP contribution in [0.25, 0.3) is 0 Å². The zero-order valence-corrected chi connectivity index (χ0v) is 23.2. The van der Waals surface area contributed by atoms with Crippen LogP contribution < -0.4 is 14.8 Å². The lowest BCUT2D eigenvalue weighted by Crippen LogP contribution is -2.49. The first-order valence-electron chi connectivity index (χ1n) is 13.2. The Bertz CT molecular complexity index is 1300. The molecule has 40 heavy (non-hydrogen) atoms. The maximum atomic E-state index is 14.3. The monoisotopic (exact) mass is 554 g/mol. The fourth-order valence-electron chi connectivity index (χ4n) is 5.12. The molecule has 0 spiro atoms. The van der Waals surface area contributed by atoms with Gasteiger partial charge in [0.15, 0.2) is 11.5 Å². The Morgan fingerprint density at radius 2 is 1.80 bits per heavy atom. The van der Waals surface area contributed by atoms with E-state index in [0.29, 0.717) is 60.9 Å². The van der Waals surface area contributed by atoms with Gasteiger partial charge in [-0.15, -0.1) is 0 Å². The summed E-state index contributed by atoms with van der Waals surface area (Å²) >= 11 is 0. The van der Waals surface area contributed by atoms with Gasteiger partial charge in [0.05, 0.1) is 38.0 Å². The normalized spacial score (nSPS) is 18.2. The third kappa shape index (κ3) is 5.89. The van der Waals surface area contributed by atoms with Crippen LogP contribution in [0.5, 0.6) is 11.5 Å². The predicted octanol–water partition coefficient (Wildman–Crippen LogP) is 3.20. The number of nitrogens with zero attached hydrogens (tertiary/aromatic N) is 3. The number of hydrogen-bond donors (Lipinski definition) is 1. The second-order valence-electron chi connectivity index (χ2n) is 9.51. The van der Waals surface area contributed by atoms with Gasteiger partial charge >= 0.3 is 12.0 Å². The first-order chi connectivity index (χ1) is 19.3. The molecule has 2 heterocycles. The topological polar surface area (TPSA) is 101 Å². The number of likely N-dealkylation sites (N-methyl/N-ethyl adjacent to an activating group) is 1.